The average molecular weight is 963 g/mol. The molecule has 6 heterocycles. The maximum atomic E-state index is 6.55. The molecule has 0 spiro atoms. The summed E-state index contributed by atoms with van der Waals surface area (Å²) in [6.07, 6.45) is 10.8. The van der Waals surface area contributed by atoms with E-state index < -0.39 is 0 Å². The van der Waals surface area contributed by atoms with E-state index in [9.17, 15) is 0 Å². The van der Waals surface area contributed by atoms with Gasteiger partial charge < -0.3 is 45.4 Å². The van der Waals surface area contributed by atoms with Crippen LogP contribution in [-0.2, 0) is 11.3 Å². The van der Waals surface area contributed by atoms with Gasteiger partial charge in [-0.2, -0.15) is 0 Å². The standard InChI is InChI=1S/C26H26Cl2N8O3.C16H14Cl2N6O2/c1-37-18-12-19(38-2)23(28)25(22(18)27)35-26-24(29-5-6-30-26)17-11-21(33-15-32-17)34-20-4-3-16(13-31-20)14-36-7-9-39-10-8-36;1-25-9-6-10(26-2)13(18)15(12(9)17)24-16-14(20-3-4-21-16)8-5-11(19)23-7-22-8/h3-6,11-13,15H,7-10,14H2,1-2H3,(H,30,35)(H,31,32,33,34);3-7H,1-2H3,(H,21,24)(H2,19,22,23). The number of morpholine rings is 1. The number of nitrogens with one attached hydrogen (secondary N) is 3. The molecule has 5 N–H and O–H groups in total. The van der Waals surface area contributed by atoms with E-state index in [1.807, 2.05) is 18.3 Å². The summed E-state index contributed by atoms with van der Waals surface area (Å²) in [5.41, 5.74) is 9.53. The van der Waals surface area contributed by atoms with Crippen LogP contribution in [0.5, 0.6) is 23.0 Å². The molecule has 0 radical (unpaired) electrons. The smallest absolute Gasteiger partial charge is 0.158 e. The minimum Gasteiger partial charge on any atom is -0.495 e. The van der Waals surface area contributed by atoms with Gasteiger partial charge >= 0.3 is 0 Å². The summed E-state index contributed by atoms with van der Waals surface area (Å²) >= 11 is 25.9. The fraction of sp³-hybridized carbons (Fsp3) is 0.214. The number of pyridine rings is 1. The Balaban J connectivity index is 0.000000210. The summed E-state index contributed by atoms with van der Waals surface area (Å²) in [4.78, 5) is 41.2. The number of methoxy groups -OCH3 is 4. The quantitative estimate of drug-likeness (QED) is 0.0800. The van der Waals surface area contributed by atoms with Gasteiger partial charge in [-0.15, -0.1) is 0 Å². The molecule has 0 aliphatic carbocycles. The molecule has 19 nitrogen and oxygen atoms in total. The Morgan fingerprint density at radius 3 is 1.54 bits per heavy atom. The Hall–Kier alpha value is -6.61. The zero-order chi connectivity index (χ0) is 45.9. The normalized spacial score (nSPS) is 12.4. The SMILES string of the molecule is COc1cc(OC)c(Cl)c(Nc2nccnc2-c2cc(N)ncn2)c1Cl.COc1cc(OC)c(Cl)c(Nc2nccnc2-c2cc(Nc3ccc(CN4CCOCC4)cn3)ncn2)c1Cl. The highest BCUT2D eigenvalue weighted by Crippen LogP contribution is 2.47. The molecule has 1 aliphatic heterocycles. The lowest BCUT2D eigenvalue weighted by atomic mass is 10.2. The number of benzene rings is 2. The number of nitrogens with two attached hydrogens (primary N) is 1. The van der Waals surface area contributed by atoms with Gasteiger partial charge in [-0.25, -0.2) is 44.9 Å². The fourth-order valence-corrected chi connectivity index (χ4v) is 7.45. The molecule has 1 saturated heterocycles. The molecule has 23 heteroatoms. The molecule has 1 aliphatic rings. The largest absolute Gasteiger partial charge is 0.495 e. The van der Waals surface area contributed by atoms with E-state index in [4.69, 9.17) is 75.8 Å². The first kappa shape index (κ1) is 46.4. The molecule has 65 heavy (non-hydrogen) atoms. The van der Waals surface area contributed by atoms with Gasteiger partial charge in [0.05, 0.1) is 64.4 Å². The highest BCUT2D eigenvalue weighted by atomic mass is 35.5. The second-order valence-corrected chi connectivity index (χ2v) is 15.0. The maximum absolute atomic E-state index is 6.55. The fourth-order valence-electron chi connectivity index (χ4n) is 6.26. The summed E-state index contributed by atoms with van der Waals surface area (Å²) in [7, 11) is 6.01. The van der Waals surface area contributed by atoms with E-state index in [1.165, 1.54) is 53.5 Å². The molecule has 0 bridgehead atoms. The third-order valence-electron chi connectivity index (χ3n) is 9.46. The van der Waals surface area contributed by atoms with Crippen molar-refractivity contribution in [3.05, 3.63) is 106 Å². The van der Waals surface area contributed by atoms with Crippen LogP contribution in [0, 0.1) is 0 Å². The number of rotatable bonds is 14. The molecular formula is C42H40Cl4N14O5. The molecule has 0 saturated carbocycles. The molecule has 7 aromatic rings. The molecule has 5 aromatic heterocycles. The minimum absolute atomic E-state index is 0.271. The Kier molecular flexibility index (Phi) is 15.6. The Labute approximate surface area is 393 Å². The number of hydrogen-bond donors (Lipinski definition) is 4. The minimum atomic E-state index is 0.271. The maximum Gasteiger partial charge on any atom is 0.158 e. The van der Waals surface area contributed by atoms with Gasteiger partial charge in [0.2, 0.25) is 0 Å². The van der Waals surface area contributed by atoms with Crippen molar-refractivity contribution in [2.45, 2.75) is 6.54 Å². The molecule has 1 fully saturated rings. The number of ether oxygens (including phenoxy) is 5. The summed E-state index contributed by atoms with van der Waals surface area (Å²) in [5, 5.41) is 10.6. The third-order valence-corrected chi connectivity index (χ3v) is 11.0. The van der Waals surface area contributed by atoms with E-state index in [0.717, 1.165) is 38.4 Å². The molecule has 0 amide bonds. The number of anilines is 7. The molecule has 336 valence electrons. The average Bonchev–Trinajstić information content (AvgIpc) is 3.33. The van der Waals surface area contributed by atoms with E-state index in [0.29, 0.717) is 86.2 Å². The van der Waals surface area contributed by atoms with Crippen molar-refractivity contribution in [1.29, 1.82) is 0 Å². The number of nitrogen functional groups attached to an aromatic ring is 1. The van der Waals surface area contributed by atoms with Gasteiger partial charge in [-0.3, -0.25) is 4.90 Å². The highest BCUT2D eigenvalue weighted by Gasteiger charge is 2.22. The van der Waals surface area contributed by atoms with Gasteiger partial charge in [0.25, 0.3) is 0 Å². The predicted octanol–water partition coefficient (Wildman–Crippen LogP) is 8.56. The van der Waals surface area contributed by atoms with Crippen molar-refractivity contribution in [1.82, 2.24) is 49.8 Å². The molecule has 0 atom stereocenters. The zero-order valence-corrected chi connectivity index (χ0v) is 38.2. The lowest BCUT2D eigenvalue weighted by molar-refractivity contribution is 0.0341. The first-order chi connectivity index (χ1) is 31.6. The van der Waals surface area contributed by atoms with Gasteiger partial charge in [0.1, 0.15) is 84.6 Å². The van der Waals surface area contributed by atoms with Crippen molar-refractivity contribution < 1.29 is 23.7 Å². The third kappa shape index (κ3) is 11.2. The van der Waals surface area contributed by atoms with E-state index in [1.54, 1.807) is 36.7 Å². The van der Waals surface area contributed by atoms with Crippen molar-refractivity contribution >= 4 is 86.9 Å². The van der Waals surface area contributed by atoms with Crippen LogP contribution in [0.25, 0.3) is 22.8 Å². The van der Waals surface area contributed by atoms with Gasteiger partial charge in [-0.05, 0) is 11.6 Å². The lowest BCUT2D eigenvalue weighted by Crippen LogP contribution is -2.35. The summed E-state index contributed by atoms with van der Waals surface area (Å²) in [6.45, 7) is 4.21. The number of aromatic nitrogens is 9. The molecule has 0 unspecified atom stereocenters. The van der Waals surface area contributed by atoms with Crippen LogP contribution in [0.2, 0.25) is 20.1 Å². The molecule has 8 rings (SSSR count). The topological polar surface area (TPSA) is 228 Å². The zero-order valence-electron chi connectivity index (χ0n) is 35.1. The van der Waals surface area contributed by atoms with Crippen molar-refractivity contribution in [2.24, 2.45) is 0 Å². The van der Waals surface area contributed by atoms with Crippen LogP contribution in [-0.4, -0.2) is 104 Å². The highest BCUT2D eigenvalue weighted by molar-refractivity contribution is 6.42. The first-order valence-electron chi connectivity index (χ1n) is 19.4. The number of nitrogens with zero attached hydrogens (tertiary/aromatic N) is 10. The molecule has 2 aromatic carbocycles. The lowest BCUT2D eigenvalue weighted by Gasteiger charge is -2.26. The first-order valence-corrected chi connectivity index (χ1v) is 20.9. The molecular weight excluding hydrogens is 922 g/mol. The van der Waals surface area contributed by atoms with E-state index in [2.05, 4.69) is 65.7 Å². The summed E-state index contributed by atoms with van der Waals surface area (Å²) < 4.78 is 26.7. The number of hydrogen-bond acceptors (Lipinski definition) is 19. The van der Waals surface area contributed by atoms with Crippen LogP contribution >= 0.6 is 46.4 Å². The van der Waals surface area contributed by atoms with Gasteiger partial charge in [0.15, 0.2) is 11.6 Å². The van der Waals surface area contributed by atoms with Crippen molar-refractivity contribution in [3.8, 4) is 45.8 Å². The van der Waals surface area contributed by atoms with Crippen LogP contribution in [0.1, 0.15) is 5.56 Å². The van der Waals surface area contributed by atoms with Crippen LogP contribution in [0.3, 0.4) is 0 Å². The van der Waals surface area contributed by atoms with Crippen LogP contribution in [0.15, 0.2) is 80.0 Å². The van der Waals surface area contributed by atoms with Crippen LogP contribution in [0.4, 0.5) is 40.5 Å². The second kappa shape index (κ2) is 21.8. The Morgan fingerprint density at radius 1 is 0.569 bits per heavy atom. The second-order valence-electron chi connectivity index (χ2n) is 13.5. The van der Waals surface area contributed by atoms with Crippen LogP contribution < -0.4 is 40.6 Å². The van der Waals surface area contributed by atoms with Crippen molar-refractivity contribution in [3.63, 3.8) is 0 Å². The Morgan fingerprint density at radius 2 is 1.06 bits per heavy atom. The summed E-state index contributed by atoms with van der Waals surface area (Å²) in [6, 6.07) is 10.5. The van der Waals surface area contributed by atoms with Gasteiger partial charge in [-0.1, -0.05) is 52.5 Å². The van der Waals surface area contributed by atoms with Crippen molar-refractivity contribution in [2.75, 3.05) is 76.4 Å². The van der Waals surface area contributed by atoms with Gasteiger partial charge in [0, 0.05) is 74.9 Å². The predicted molar refractivity (Wildman–Crippen MR) is 250 cm³/mol. The summed E-state index contributed by atoms with van der Waals surface area (Å²) in [5.74, 6) is 3.85. The Bertz CT molecular complexity index is 2700. The van der Waals surface area contributed by atoms with E-state index in [-0.39, 0.29) is 20.1 Å². The van der Waals surface area contributed by atoms with E-state index >= 15 is 0 Å². The monoisotopic (exact) mass is 960 g/mol. The number of halogens is 4.